The average Bonchev–Trinajstić information content (AvgIpc) is 2.98. The first kappa shape index (κ1) is 17.4. The highest BCUT2D eigenvalue weighted by atomic mass is 19.3. The Bertz CT molecular complexity index is 842. The lowest BCUT2D eigenvalue weighted by atomic mass is 9.87. The van der Waals surface area contributed by atoms with E-state index in [-0.39, 0.29) is 0 Å². The number of hydrogen-bond acceptors (Lipinski definition) is 2. The number of aromatic nitrogens is 1. The van der Waals surface area contributed by atoms with Crippen LogP contribution in [-0.2, 0) is 16.0 Å². The molecule has 1 atom stereocenters. The summed E-state index contributed by atoms with van der Waals surface area (Å²) in [6, 6.07) is 6.16. The summed E-state index contributed by atoms with van der Waals surface area (Å²) in [5, 5.41) is 5.49. The van der Waals surface area contributed by atoms with Crippen molar-refractivity contribution in [3.8, 4) is 0 Å². The third-order valence-electron chi connectivity index (χ3n) is 4.80. The van der Waals surface area contributed by atoms with Crippen molar-refractivity contribution in [2.24, 2.45) is 5.41 Å². The van der Waals surface area contributed by atoms with E-state index in [1.165, 1.54) is 0 Å². The molecule has 2 heterocycles. The van der Waals surface area contributed by atoms with Gasteiger partial charge in [-0.2, -0.15) is 8.78 Å². The number of alkyl halides is 2. The molecule has 2 aromatic rings. The van der Waals surface area contributed by atoms with E-state index in [0.717, 1.165) is 5.52 Å². The first-order valence-corrected chi connectivity index (χ1v) is 8.14. The number of aryl methyl sites for hydroxylation is 1. The Morgan fingerprint density at radius 1 is 1.36 bits per heavy atom. The van der Waals surface area contributed by atoms with Crippen LogP contribution in [0.1, 0.15) is 25.1 Å². The van der Waals surface area contributed by atoms with Gasteiger partial charge in [-0.1, -0.05) is 32.0 Å². The number of H-pyrrole nitrogens is 1. The van der Waals surface area contributed by atoms with Crippen molar-refractivity contribution in [1.29, 1.82) is 0 Å². The number of benzene rings is 1. The lowest BCUT2D eigenvalue weighted by molar-refractivity contribution is -0.148. The van der Waals surface area contributed by atoms with Gasteiger partial charge in [0.15, 0.2) is 0 Å². The van der Waals surface area contributed by atoms with Crippen LogP contribution in [0.2, 0.25) is 0 Å². The molecule has 1 aromatic heterocycles. The zero-order chi connectivity index (χ0) is 18.4. The third-order valence-corrected chi connectivity index (χ3v) is 4.80. The number of rotatable bonds is 4. The van der Waals surface area contributed by atoms with Crippen LogP contribution in [0.4, 0.5) is 8.78 Å². The molecule has 5 nitrogen and oxygen atoms in total. The number of aromatic amines is 1. The van der Waals surface area contributed by atoms with Gasteiger partial charge in [0.05, 0.1) is 0 Å². The Balaban J connectivity index is 1.82. The van der Waals surface area contributed by atoms with Gasteiger partial charge in [0.1, 0.15) is 6.04 Å². The molecule has 0 saturated carbocycles. The Labute approximate surface area is 144 Å². The maximum atomic E-state index is 14.6. The third kappa shape index (κ3) is 3.10. The number of amides is 2. The maximum Gasteiger partial charge on any atom is 0.328 e. The number of nitrogens with one attached hydrogen (secondary N) is 3. The van der Waals surface area contributed by atoms with Crippen molar-refractivity contribution in [2.75, 3.05) is 6.54 Å². The molecule has 2 amide bonds. The van der Waals surface area contributed by atoms with Gasteiger partial charge in [-0.15, -0.1) is 0 Å². The normalized spacial score (nSPS) is 19.9. The van der Waals surface area contributed by atoms with Crippen molar-refractivity contribution < 1.29 is 18.4 Å². The fourth-order valence-corrected chi connectivity index (χ4v) is 3.24. The molecule has 0 aliphatic carbocycles. The van der Waals surface area contributed by atoms with E-state index < -0.39 is 35.6 Å². The minimum atomic E-state index is -3.62. The first-order valence-electron chi connectivity index (χ1n) is 8.14. The Kier molecular flexibility index (Phi) is 4.05. The molecule has 7 heteroatoms. The number of carbonyl (C=O) groups excluding carboxylic acids is 2. The van der Waals surface area contributed by atoms with E-state index in [0.29, 0.717) is 23.2 Å². The number of hydrogen-bond donors (Lipinski definition) is 3. The zero-order valence-electron chi connectivity index (χ0n) is 14.4. The molecule has 3 rings (SSSR count). The summed E-state index contributed by atoms with van der Waals surface area (Å²) in [4.78, 5) is 27.1. The monoisotopic (exact) mass is 349 g/mol. The number of carbonyl (C=O) groups is 2. The Morgan fingerprint density at radius 3 is 2.68 bits per heavy atom. The molecule has 1 fully saturated rings. The van der Waals surface area contributed by atoms with Gasteiger partial charge in [0.25, 0.3) is 5.91 Å². The SMILES string of the molecule is Cc1[nH]c2ccccc2c1CC(F)(F)C(=O)NC1C(=O)NCC1(C)C. The van der Waals surface area contributed by atoms with Crippen LogP contribution in [0.3, 0.4) is 0 Å². The van der Waals surface area contributed by atoms with Crippen molar-refractivity contribution >= 4 is 22.7 Å². The van der Waals surface area contributed by atoms with Crippen LogP contribution in [0.5, 0.6) is 0 Å². The summed E-state index contributed by atoms with van der Waals surface area (Å²) < 4.78 is 29.1. The van der Waals surface area contributed by atoms with Gasteiger partial charge < -0.3 is 15.6 Å². The summed E-state index contributed by atoms with van der Waals surface area (Å²) in [6.07, 6.45) is -0.719. The molecule has 0 bridgehead atoms. The molecular formula is C18H21F2N3O2. The van der Waals surface area contributed by atoms with E-state index in [1.807, 2.05) is 6.07 Å². The number of para-hydroxylation sites is 1. The number of halogens is 2. The molecule has 1 aliphatic heterocycles. The van der Waals surface area contributed by atoms with Crippen LogP contribution in [0, 0.1) is 12.3 Å². The largest absolute Gasteiger partial charge is 0.358 e. The lowest BCUT2D eigenvalue weighted by Gasteiger charge is -2.26. The van der Waals surface area contributed by atoms with Gasteiger partial charge in [-0.05, 0) is 18.6 Å². The van der Waals surface area contributed by atoms with Gasteiger partial charge in [-0.25, -0.2) is 0 Å². The maximum absolute atomic E-state index is 14.6. The van der Waals surface area contributed by atoms with Gasteiger partial charge >= 0.3 is 5.92 Å². The summed E-state index contributed by atoms with van der Waals surface area (Å²) in [7, 11) is 0. The fraction of sp³-hybridized carbons (Fsp3) is 0.444. The van der Waals surface area contributed by atoms with Crippen LogP contribution in [0.15, 0.2) is 24.3 Å². The molecule has 134 valence electrons. The Morgan fingerprint density at radius 2 is 2.04 bits per heavy atom. The van der Waals surface area contributed by atoms with Crippen LogP contribution >= 0.6 is 0 Å². The summed E-state index contributed by atoms with van der Waals surface area (Å²) in [6.45, 7) is 5.54. The van der Waals surface area contributed by atoms with E-state index in [4.69, 9.17) is 0 Å². The van der Waals surface area contributed by atoms with Crippen LogP contribution in [-0.4, -0.2) is 35.3 Å². The van der Waals surface area contributed by atoms with Crippen molar-refractivity contribution in [3.05, 3.63) is 35.5 Å². The van der Waals surface area contributed by atoms with Crippen LogP contribution < -0.4 is 10.6 Å². The average molecular weight is 349 g/mol. The highest BCUT2D eigenvalue weighted by Crippen LogP contribution is 2.30. The second-order valence-electron chi connectivity index (χ2n) is 7.27. The van der Waals surface area contributed by atoms with Crippen molar-refractivity contribution in [2.45, 2.75) is 39.2 Å². The van der Waals surface area contributed by atoms with Crippen molar-refractivity contribution in [1.82, 2.24) is 15.6 Å². The minimum Gasteiger partial charge on any atom is -0.358 e. The van der Waals surface area contributed by atoms with Gasteiger partial charge in [0.2, 0.25) is 5.91 Å². The molecule has 1 aliphatic rings. The zero-order valence-corrected chi connectivity index (χ0v) is 14.4. The number of fused-ring (bicyclic) bond motifs is 1. The molecule has 0 radical (unpaired) electrons. The molecule has 3 N–H and O–H groups in total. The summed E-state index contributed by atoms with van der Waals surface area (Å²) in [5.41, 5.74) is 1.15. The van der Waals surface area contributed by atoms with Crippen LogP contribution in [0.25, 0.3) is 10.9 Å². The van der Waals surface area contributed by atoms with E-state index in [1.54, 1.807) is 39.0 Å². The fourth-order valence-electron chi connectivity index (χ4n) is 3.24. The van der Waals surface area contributed by atoms with E-state index >= 15 is 0 Å². The molecule has 1 unspecified atom stereocenters. The highest BCUT2D eigenvalue weighted by molar-refractivity contribution is 5.93. The lowest BCUT2D eigenvalue weighted by Crippen LogP contribution is -2.52. The van der Waals surface area contributed by atoms with Gasteiger partial charge in [0, 0.05) is 35.0 Å². The summed E-state index contributed by atoms with van der Waals surface area (Å²) in [5.74, 6) is -5.47. The molecule has 1 saturated heterocycles. The second kappa shape index (κ2) is 5.82. The van der Waals surface area contributed by atoms with Gasteiger partial charge in [-0.3, -0.25) is 9.59 Å². The standard InChI is InChI=1S/C18H21F2N3O2/c1-10-12(11-6-4-5-7-13(11)22-10)8-18(19,20)16(25)23-14-15(24)21-9-17(14,2)3/h4-7,14,22H,8-9H2,1-3H3,(H,21,24)(H,23,25). The predicted molar refractivity (Wildman–Crippen MR) is 90.4 cm³/mol. The predicted octanol–water partition coefficient (Wildman–Crippen LogP) is 2.29. The minimum absolute atomic E-state index is 0.337. The second-order valence-corrected chi connectivity index (χ2v) is 7.27. The molecular weight excluding hydrogens is 328 g/mol. The molecule has 0 spiro atoms. The smallest absolute Gasteiger partial charge is 0.328 e. The summed E-state index contributed by atoms with van der Waals surface area (Å²) >= 11 is 0. The van der Waals surface area contributed by atoms with E-state index in [9.17, 15) is 18.4 Å². The Hall–Kier alpha value is -2.44. The van der Waals surface area contributed by atoms with E-state index in [2.05, 4.69) is 15.6 Å². The highest BCUT2D eigenvalue weighted by Gasteiger charge is 2.47. The van der Waals surface area contributed by atoms with Crippen molar-refractivity contribution in [3.63, 3.8) is 0 Å². The first-order chi connectivity index (χ1) is 11.6. The topological polar surface area (TPSA) is 74.0 Å². The quantitative estimate of drug-likeness (QED) is 0.792. The molecule has 25 heavy (non-hydrogen) atoms. The molecule has 1 aromatic carbocycles.